The van der Waals surface area contributed by atoms with Crippen LogP contribution in [-0.4, -0.2) is 52.7 Å². The minimum atomic E-state index is -0.854. The summed E-state index contributed by atoms with van der Waals surface area (Å²) in [5, 5.41) is 2.83. The fraction of sp³-hybridized carbons (Fsp3) is 0.591. The van der Waals surface area contributed by atoms with Crippen LogP contribution in [0, 0.1) is 0 Å². The molecule has 2 rings (SSSR count). The average Bonchev–Trinajstić information content (AvgIpc) is 2.65. The van der Waals surface area contributed by atoms with Crippen LogP contribution in [0.2, 0.25) is 0 Å². The van der Waals surface area contributed by atoms with Crippen molar-refractivity contribution in [2.24, 2.45) is 0 Å². The molecule has 0 spiro atoms. The molecule has 1 saturated heterocycles. The van der Waals surface area contributed by atoms with E-state index in [4.69, 9.17) is 4.74 Å². The van der Waals surface area contributed by atoms with Crippen molar-refractivity contribution in [2.45, 2.75) is 83.0 Å². The average molecular weight is 421 g/mol. The van der Waals surface area contributed by atoms with E-state index in [1.54, 1.807) is 25.1 Å². The van der Waals surface area contributed by atoms with Crippen LogP contribution in [0.15, 0.2) is 29.2 Å². The van der Waals surface area contributed by atoms with Gasteiger partial charge in [-0.1, -0.05) is 12.1 Å². The van der Waals surface area contributed by atoms with Gasteiger partial charge in [0.05, 0.1) is 11.3 Å². The highest BCUT2D eigenvalue weighted by molar-refractivity contribution is 8.00. The van der Waals surface area contributed by atoms with Crippen molar-refractivity contribution < 1.29 is 19.1 Å². The number of piperidine rings is 1. The summed E-state index contributed by atoms with van der Waals surface area (Å²) in [6.07, 6.45) is 2.19. The zero-order chi connectivity index (χ0) is 21.6. The summed E-state index contributed by atoms with van der Waals surface area (Å²) >= 11 is 1.28. The molecule has 0 bridgehead atoms. The number of thioether (sulfide) groups is 1. The Morgan fingerprint density at radius 1 is 1.14 bits per heavy atom. The lowest BCUT2D eigenvalue weighted by molar-refractivity contribution is -0.146. The lowest BCUT2D eigenvalue weighted by Gasteiger charge is -2.40. The van der Waals surface area contributed by atoms with E-state index in [0.29, 0.717) is 10.5 Å². The maximum atomic E-state index is 12.9. The molecule has 1 N–H and O–H groups in total. The molecule has 160 valence electrons. The van der Waals surface area contributed by atoms with Gasteiger partial charge in [0, 0.05) is 23.0 Å². The first-order valence-corrected chi connectivity index (χ1v) is 11.2. The van der Waals surface area contributed by atoms with Gasteiger partial charge < -0.3 is 15.0 Å². The summed E-state index contributed by atoms with van der Waals surface area (Å²) in [6, 6.07) is 7.36. The second kappa shape index (κ2) is 10.7. The maximum Gasteiger partial charge on any atom is 0.340 e. The molecule has 29 heavy (non-hydrogen) atoms. The van der Waals surface area contributed by atoms with Gasteiger partial charge >= 0.3 is 5.97 Å². The number of hydrogen-bond acceptors (Lipinski definition) is 5. The van der Waals surface area contributed by atoms with Crippen LogP contribution in [0.4, 0.5) is 0 Å². The Balaban J connectivity index is 2.03. The van der Waals surface area contributed by atoms with Gasteiger partial charge in [-0.15, -0.1) is 11.8 Å². The molecule has 1 aliphatic rings. The number of nitrogens with zero attached hydrogens (tertiary/aromatic N) is 1. The van der Waals surface area contributed by atoms with Crippen LogP contribution < -0.4 is 5.32 Å². The highest BCUT2D eigenvalue weighted by atomic mass is 32.2. The standard InChI is InChI=1S/C22H32N2O4S/c1-14(2)23-20(25)13-29-19-12-7-6-11-18(19)22(27)28-17(5)21(26)24-15(3)9-8-10-16(24)4/h6-7,11-12,14-17H,8-10,13H2,1-5H3,(H,23,25)/t15-,16-,17+/m0/s1. The van der Waals surface area contributed by atoms with Crippen LogP contribution in [0.25, 0.3) is 0 Å². The van der Waals surface area contributed by atoms with Crippen molar-refractivity contribution in [1.29, 1.82) is 0 Å². The van der Waals surface area contributed by atoms with Gasteiger partial charge in [0.15, 0.2) is 6.10 Å². The molecule has 1 aromatic carbocycles. The van der Waals surface area contributed by atoms with Crippen molar-refractivity contribution in [1.82, 2.24) is 10.2 Å². The Kier molecular flexibility index (Phi) is 8.56. The van der Waals surface area contributed by atoms with E-state index in [1.165, 1.54) is 11.8 Å². The number of amides is 2. The number of carbonyl (C=O) groups excluding carboxylic acids is 3. The molecule has 1 fully saturated rings. The lowest BCUT2D eigenvalue weighted by atomic mass is 9.97. The molecule has 3 atom stereocenters. The Labute approximate surface area is 177 Å². The number of likely N-dealkylation sites (tertiary alicyclic amines) is 1. The Morgan fingerprint density at radius 3 is 2.38 bits per heavy atom. The molecule has 0 aliphatic carbocycles. The quantitative estimate of drug-likeness (QED) is 0.538. The summed E-state index contributed by atoms with van der Waals surface area (Å²) in [6.45, 7) is 9.50. The van der Waals surface area contributed by atoms with Gasteiger partial charge in [0.1, 0.15) is 0 Å². The largest absolute Gasteiger partial charge is 0.449 e. The number of esters is 1. The van der Waals surface area contributed by atoms with Crippen molar-refractivity contribution in [3.8, 4) is 0 Å². The molecule has 0 aromatic heterocycles. The first-order chi connectivity index (χ1) is 13.7. The topological polar surface area (TPSA) is 75.7 Å². The Morgan fingerprint density at radius 2 is 1.76 bits per heavy atom. The second-order valence-electron chi connectivity index (χ2n) is 7.93. The van der Waals surface area contributed by atoms with Crippen molar-refractivity contribution in [3.05, 3.63) is 29.8 Å². The summed E-state index contributed by atoms with van der Waals surface area (Å²) in [7, 11) is 0. The lowest BCUT2D eigenvalue weighted by Crippen LogP contribution is -2.51. The Hall–Kier alpha value is -2.02. The van der Waals surface area contributed by atoms with Crippen molar-refractivity contribution in [2.75, 3.05) is 5.75 Å². The number of rotatable bonds is 7. The monoisotopic (exact) mass is 420 g/mol. The molecule has 7 heteroatoms. The smallest absolute Gasteiger partial charge is 0.340 e. The van der Waals surface area contributed by atoms with Crippen LogP contribution in [0.5, 0.6) is 0 Å². The maximum absolute atomic E-state index is 12.9. The highest BCUT2D eigenvalue weighted by Crippen LogP contribution is 2.26. The van der Waals surface area contributed by atoms with E-state index in [1.807, 2.05) is 38.7 Å². The van der Waals surface area contributed by atoms with Gasteiger partial charge in [0.2, 0.25) is 5.91 Å². The molecular weight excluding hydrogens is 388 g/mol. The van der Waals surface area contributed by atoms with E-state index in [0.717, 1.165) is 19.3 Å². The van der Waals surface area contributed by atoms with Gasteiger partial charge in [0.25, 0.3) is 5.91 Å². The minimum absolute atomic E-state index is 0.0646. The van der Waals surface area contributed by atoms with Crippen molar-refractivity contribution in [3.63, 3.8) is 0 Å². The van der Waals surface area contributed by atoms with E-state index in [2.05, 4.69) is 5.32 Å². The third-order valence-corrected chi connectivity index (χ3v) is 6.07. The molecule has 2 amide bonds. The van der Waals surface area contributed by atoms with E-state index in [-0.39, 0.29) is 35.7 Å². The van der Waals surface area contributed by atoms with Gasteiger partial charge in [-0.05, 0) is 66.0 Å². The molecule has 1 aliphatic heterocycles. The summed E-state index contributed by atoms with van der Waals surface area (Å²) in [4.78, 5) is 40.0. The SMILES string of the molecule is CC(C)NC(=O)CSc1ccccc1C(=O)O[C@H](C)C(=O)N1[C@@H](C)CCC[C@@H]1C. The number of hydrogen-bond donors (Lipinski definition) is 1. The van der Waals surface area contributed by atoms with E-state index < -0.39 is 12.1 Å². The highest BCUT2D eigenvalue weighted by Gasteiger charge is 2.33. The molecular formula is C22H32N2O4S. The molecule has 1 heterocycles. The zero-order valence-corrected chi connectivity index (χ0v) is 18.8. The number of benzene rings is 1. The predicted molar refractivity (Wildman–Crippen MR) is 115 cm³/mol. The molecule has 0 unspecified atom stereocenters. The first-order valence-electron chi connectivity index (χ1n) is 10.2. The van der Waals surface area contributed by atoms with Crippen LogP contribution >= 0.6 is 11.8 Å². The number of carbonyl (C=O) groups is 3. The second-order valence-corrected chi connectivity index (χ2v) is 8.95. The van der Waals surface area contributed by atoms with Gasteiger partial charge in [-0.2, -0.15) is 0 Å². The number of nitrogens with one attached hydrogen (secondary N) is 1. The fourth-order valence-electron chi connectivity index (χ4n) is 3.61. The van der Waals surface area contributed by atoms with Crippen molar-refractivity contribution >= 4 is 29.5 Å². The van der Waals surface area contributed by atoms with Gasteiger partial charge in [-0.25, -0.2) is 4.79 Å². The van der Waals surface area contributed by atoms with Crippen LogP contribution in [-0.2, 0) is 14.3 Å². The molecule has 1 aromatic rings. The minimum Gasteiger partial charge on any atom is -0.449 e. The van der Waals surface area contributed by atoms with Crippen LogP contribution in [0.1, 0.15) is 64.2 Å². The first kappa shape index (κ1) is 23.3. The summed E-state index contributed by atoms with van der Waals surface area (Å²) < 4.78 is 5.52. The third-order valence-electron chi connectivity index (χ3n) is 4.99. The number of ether oxygens (including phenoxy) is 1. The van der Waals surface area contributed by atoms with Crippen LogP contribution in [0.3, 0.4) is 0 Å². The van der Waals surface area contributed by atoms with E-state index in [9.17, 15) is 14.4 Å². The zero-order valence-electron chi connectivity index (χ0n) is 17.9. The third kappa shape index (κ3) is 6.49. The Bertz CT molecular complexity index is 727. The predicted octanol–water partition coefficient (Wildman–Crippen LogP) is 3.64. The fourth-order valence-corrected chi connectivity index (χ4v) is 4.46. The van der Waals surface area contributed by atoms with E-state index >= 15 is 0 Å². The molecule has 0 saturated carbocycles. The summed E-state index contributed by atoms with van der Waals surface area (Å²) in [5.41, 5.74) is 0.370. The summed E-state index contributed by atoms with van der Waals surface area (Å²) in [5.74, 6) is -0.584. The normalized spacial score (nSPS) is 20.3. The van der Waals surface area contributed by atoms with Gasteiger partial charge in [-0.3, -0.25) is 9.59 Å². The molecule has 6 nitrogen and oxygen atoms in total. The molecule has 0 radical (unpaired) electrons.